The molecule has 16 nitrogen and oxygen atoms in total. The van der Waals surface area contributed by atoms with Gasteiger partial charge in [-0.1, -0.05) is 91.7 Å². The number of hydrogen-bond donors (Lipinski definition) is 0. The van der Waals surface area contributed by atoms with Crippen molar-refractivity contribution in [1.82, 2.24) is 10.3 Å². The average molecular weight is 1070 g/mol. The van der Waals surface area contributed by atoms with Crippen LogP contribution in [0.15, 0.2) is 68.7 Å². The predicted octanol–water partition coefficient (Wildman–Crippen LogP) is 5.92. The second-order valence-corrected chi connectivity index (χ2v) is 22.0. The molecule has 2 aromatic carbocycles. The summed E-state index contributed by atoms with van der Waals surface area (Å²) in [4.78, 5) is 28.9. The van der Waals surface area contributed by atoms with Gasteiger partial charge in [0.25, 0.3) is 0 Å². The molecule has 0 fully saturated rings. The van der Waals surface area contributed by atoms with Crippen LogP contribution in [0.3, 0.4) is 0 Å². The molecule has 0 unspecified atom stereocenters. The largest absolute Gasteiger partial charge is 1.00 e. The second-order valence-electron chi connectivity index (χ2n) is 19.3. The van der Waals surface area contributed by atoms with Crippen LogP contribution in [0.4, 0.5) is 26.3 Å². The monoisotopic (exact) mass is 1070 g/mol. The molecular weight excluding hydrogens is 1020 g/mol. The van der Waals surface area contributed by atoms with Crippen LogP contribution in [0.5, 0.6) is 11.5 Å². The first-order valence-corrected chi connectivity index (χ1v) is 24.1. The van der Waals surface area contributed by atoms with Gasteiger partial charge in [-0.25, -0.2) is 17.7 Å². The molecule has 0 bridgehead atoms. The van der Waals surface area contributed by atoms with Gasteiger partial charge in [0.15, 0.2) is 0 Å². The molecule has 0 amide bonds. The molecule has 4 aromatic rings. The van der Waals surface area contributed by atoms with Crippen molar-refractivity contribution in [2.75, 3.05) is 39.5 Å². The van der Waals surface area contributed by atoms with Crippen LogP contribution in [0.2, 0.25) is 0 Å². The van der Waals surface area contributed by atoms with Crippen LogP contribution in [0.25, 0.3) is 43.7 Å². The van der Waals surface area contributed by atoms with E-state index in [0.29, 0.717) is 48.0 Å². The Kier molecular flexibility index (Phi) is 20.5. The van der Waals surface area contributed by atoms with Gasteiger partial charge >= 0.3 is 79.3 Å². The first-order valence-electron chi connectivity index (χ1n) is 21.2. The minimum atomic E-state index is -5.52. The van der Waals surface area contributed by atoms with E-state index in [9.17, 15) is 45.3 Å². The van der Waals surface area contributed by atoms with E-state index in [1.807, 2.05) is 69.2 Å². The molecule has 2 aliphatic rings. The molecule has 0 N–H and O–H groups in total. The Morgan fingerprint density at radius 1 is 0.639 bits per heavy atom. The Labute approximate surface area is 457 Å². The SMILES string of the molecule is CC(C)(C)C1=C(c2ccc(-c3cc(C(F)(F)F)on3)c(OP(=O)([O-])[O-])c2)OCC1(C)C.[C-]#[N+]CCOP(=O)(OCC[N+]#[C-])Oc1cc(C2=C(C(C)(C)C)C(C)(C)CO2)ccc1-c1cc(C(F)(F)F)on1.[Na+].[Na+]. The van der Waals surface area contributed by atoms with Crippen LogP contribution in [0.1, 0.15) is 91.9 Å². The third kappa shape index (κ3) is 15.7. The molecule has 0 atom stereocenters. The molecule has 0 aliphatic carbocycles. The molecule has 380 valence electrons. The van der Waals surface area contributed by atoms with Gasteiger partial charge in [-0.05, 0) is 46.2 Å². The zero-order valence-electron chi connectivity index (χ0n) is 41.7. The van der Waals surface area contributed by atoms with Gasteiger partial charge in [0, 0.05) is 45.2 Å². The molecule has 0 saturated carbocycles. The number of ether oxygens (including phenoxy) is 2. The molecule has 6 rings (SSSR count). The Hall–Kier alpha value is -3.60. The molecule has 0 radical (unpaired) electrons. The van der Waals surface area contributed by atoms with Crippen molar-refractivity contribution in [3.8, 4) is 34.0 Å². The maximum absolute atomic E-state index is 13.5. The summed E-state index contributed by atoms with van der Waals surface area (Å²) in [5, 5.41) is 6.87. The third-order valence-electron chi connectivity index (χ3n) is 10.4. The zero-order valence-corrected chi connectivity index (χ0v) is 47.5. The Balaban J connectivity index is 0.000000379. The maximum Gasteiger partial charge on any atom is 1.00 e. The topological polar surface area (TPSA) is 196 Å². The van der Waals surface area contributed by atoms with E-state index in [1.54, 1.807) is 6.07 Å². The quantitative estimate of drug-likeness (QED) is 0.0474. The summed E-state index contributed by atoms with van der Waals surface area (Å²) >= 11 is 0. The summed E-state index contributed by atoms with van der Waals surface area (Å²) in [5.41, 5.74) is 1.04. The van der Waals surface area contributed by atoms with Crippen molar-refractivity contribution in [3.63, 3.8) is 0 Å². The molecule has 26 heteroatoms. The van der Waals surface area contributed by atoms with Gasteiger partial charge in [0.2, 0.25) is 24.6 Å². The maximum atomic E-state index is 13.5. The average Bonchev–Trinajstić information content (AvgIpc) is 4.02. The van der Waals surface area contributed by atoms with Crippen LogP contribution in [-0.2, 0) is 40.0 Å². The molecule has 0 spiro atoms. The summed E-state index contributed by atoms with van der Waals surface area (Å²) in [6.07, 6.45) is -9.56. The summed E-state index contributed by atoms with van der Waals surface area (Å²) in [6.45, 7) is 34.0. The minimum absolute atomic E-state index is 0. The van der Waals surface area contributed by atoms with E-state index in [-0.39, 0.29) is 135 Å². The van der Waals surface area contributed by atoms with Gasteiger partial charge in [-0.15, -0.1) is 0 Å². The normalized spacial score (nSPS) is 15.8. The van der Waals surface area contributed by atoms with Crippen LogP contribution >= 0.6 is 15.6 Å². The Morgan fingerprint density at radius 3 is 1.31 bits per heavy atom. The molecule has 2 aromatic heterocycles. The smallest absolute Gasteiger partial charge is 0.780 e. The Bertz CT molecular complexity index is 2800. The van der Waals surface area contributed by atoms with E-state index in [0.717, 1.165) is 11.1 Å². The first kappa shape index (κ1) is 62.7. The van der Waals surface area contributed by atoms with Crippen LogP contribution in [0, 0.1) is 34.8 Å². The van der Waals surface area contributed by atoms with Gasteiger partial charge in [-0.2, -0.15) is 26.3 Å². The van der Waals surface area contributed by atoms with Gasteiger partial charge < -0.3 is 51.6 Å². The molecule has 72 heavy (non-hydrogen) atoms. The van der Waals surface area contributed by atoms with Crippen LogP contribution < -0.4 is 77.9 Å². The fourth-order valence-electron chi connectivity index (χ4n) is 8.28. The number of hydrogen-bond acceptors (Lipinski definition) is 14. The number of phosphoric acid groups is 2. The van der Waals surface area contributed by atoms with Crippen LogP contribution in [-0.4, -0.2) is 49.8 Å². The second kappa shape index (κ2) is 23.5. The standard InChI is InChI=1S/C26H29F3N3O6P.C20H23F3NO6P.2Na/c1-24(2,3)23-22(34-16-25(23,4)5)17-8-9-18(19-15-21(37-32-19)26(27,28)29)20(14-17)38-39(33,35-12-10-30-6)36-13-11-31-7;1-18(2,3)17-16(28-10-19(17,4)5)11-6-7-12(14(8-11)30-31(25,26)27)13-9-15(29-24-13)20(21,22)23;;/h8-9,14-15H,10-13,16H2,1-5H3;6-9H,10H2,1-5H3,(H2,25,26,27);;/q;;2*+1/p-2. The molecule has 0 saturated heterocycles. The van der Waals surface area contributed by atoms with E-state index in [4.69, 9.17) is 36.2 Å². The van der Waals surface area contributed by atoms with Crippen molar-refractivity contribution in [3.05, 3.63) is 105 Å². The summed E-state index contributed by atoms with van der Waals surface area (Å²) in [7, 11) is -9.95. The number of nitrogens with zero attached hydrogens (tertiary/aromatic N) is 4. The van der Waals surface area contributed by atoms with Crippen molar-refractivity contribution in [1.29, 1.82) is 0 Å². The first-order chi connectivity index (χ1) is 32.1. The van der Waals surface area contributed by atoms with Gasteiger partial charge in [-0.3, -0.25) is 9.05 Å². The molecule has 2 aliphatic heterocycles. The van der Waals surface area contributed by atoms with E-state index in [2.05, 4.69) is 33.6 Å². The number of phosphoric ester groups is 2. The van der Waals surface area contributed by atoms with Gasteiger partial charge in [0.1, 0.15) is 55.4 Å². The Morgan fingerprint density at radius 2 is 1.00 bits per heavy atom. The minimum Gasteiger partial charge on any atom is -0.780 e. The number of halogens is 6. The summed E-state index contributed by atoms with van der Waals surface area (Å²) < 4.78 is 145. The fourth-order valence-corrected chi connectivity index (χ4v) is 9.85. The third-order valence-corrected chi connectivity index (χ3v) is 12.2. The van der Waals surface area contributed by atoms with Gasteiger partial charge in [0.05, 0.1) is 13.2 Å². The number of rotatable bonds is 14. The van der Waals surface area contributed by atoms with Crippen molar-refractivity contribution in [2.24, 2.45) is 21.7 Å². The van der Waals surface area contributed by atoms with Crippen molar-refractivity contribution in [2.45, 2.75) is 81.6 Å². The summed E-state index contributed by atoms with van der Waals surface area (Å²) in [6, 6.07) is 9.92. The molecular formula is C46H50F6N4Na2O12P2. The predicted molar refractivity (Wildman–Crippen MR) is 237 cm³/mol. The number of alkyl halides is 6. The zero-order chi connectivity index (χ0) is 52.5. The van der Waals surface area contributed by atoms with E-state index in [1.165, 1.54) is 30.3 Å². The number of benzene rings is 2. The van der Waals surface area contributed by atoms with E-state index >= 15 is 0 Å². The fraction of sp³-hybridized carbons (Fsp3) is 0.478. The molecule has 4 heterocycles. The number of aromatic nitrogens is 2. The van der Waals surface area contributed by atoms with Crippen molar-refractivity contribution >= 4 is 27.2 Å². The van der Waals surface area contributed by atoms with E-state index < -0.39 is 45.3 Å². The van der Waals surface area contributed by atoms with Crippen molar-refractivity contribution < 1.29 is 141 Å². The summed E-state index contributed by atoms with van der Waals surface area (Å²) in [5.74, 6) is -2.27.